The van der Waals surface area contributed by atoms with Gasteiger partial charge < -0.3 is 29.7 Å². The third-order valence-corrected chi connectivity index (χ3v) is 13.4. The number of morpholine rings is 1. The molecule has 2 amide bonds. The van der Waals surface area contributed by atoms with Gasteiger partial charge >= 0.3 is 5.97 Å². The predicted octanol–water partition coefficient (Wildman–Crippen LogP) is 5.95. The van der Waals surface area contributed by atoms with Crippen LogP contribution in [0.1, 0.15) is 51.6 Å². The molecule has 1 aromatic heterocycles. The lowest BCUT2D eigenvalue weighted by molar-refractivity contribution is -0.179. The van der Waals surface area contributed by atoms with Crippen molar-refractivity contribution < 1.29 is 29.0 Å². The molecule has 1 spiro atoms. The Kier molecular flexibility index (Phi) is 12.2. The smallest absolute Gasteiger partial charge is 0.324 e. The van der Waals surface area contributed by atoms with Crippen LogP contribution < -0.4 is 15.0 Å². The van der Waals surface area contributed by atoms with E-state index in [2.05, 4.69) is 49.1 Å². The maximum absolute atomic E-state index is 16.0. The molecule has 67 heavy (non-hydrogen) atoms. The first-order chi connectivity index (χ1) is 32.9. The molecule has 5 heterocycles. The number of anilines is 2. The van der Waals surface area contributed by atoms with E-state index in [4.69, 9.17) is 9.47 Å². The van der Waals surface area contributed by atoms with Gasteiger partial charge in [-0.15, -0.1) is 0 Å². The van der Waals surface area contributed by atoms with Crippen molar-refractivity contribution in [3.8, 4) is 17.6 Å². The first-order valence-electron chi connectivity index (χ1n) is 22.7. The fourth-order valence-corrected chi connectivity index (χ4v) is 10.6. The minimum atomic E-state index is -1.73. The Morgan fingerprint density at radius 2 is 1.51 bits per heavy atom. The lowest BCUT2D eigenvalue weighted by Crippen LogP contribution is -2.58. The van der Waals surface area contributed by atoms with Crippen molar-refractivity contribution >= 4 is 29.4 Å². The summed E-state index contributed by atoms with van der Waals surface area (Å²) in [5.41, 5.74) is 3.39. The number of ether oxygens (including phenoxy) is 2. The molecule has 0 unspecified atom stereocenters. The van der Waals surface area contributed by atoms with Crippen molar-refractivity contribution in [2.75, 3.05) is 63.2 Å². The highest BCUT2D eigenvalue weighted by molar-refractivity contribution is 6.12. The Morgan fingerprint density at radius 3 is 2.22 bits per heavy atom. The molecule has 0 bridgehead atoms. The minimum Gasteiger partial charge on any atom is -0.491 e. The highest BCUT2D eigenvalue weighted by Gasteiger charge is 2.74. The molecule has 0 aliphatic carbocycles. The number of hydrogen-bond donors (Lipinski definition) is 2. The van der Waals surface area contributed by atoms with Crippen molar-refractivity contribution in [3.05, 3.63) is 185 Å². The van der Waals surface area contributed by atoms with Crippen LogP contribution in [0.15, 0.2) is 152 Å². The fourth-order valence-electron chi connectivity index (χ4n) is 10.6. The van der Waals surface area contributed by atoms with Crippen LogP contribution in [0.25, 0.3) is 0 Å². The van der Waals surface area contributed by atoms with Gasteiger partial charge in [-0.2, -0.15) is 0 Å². The van der Waals surface area contributed by atoms with Gasteiger partial charge in [0.1, 0.15) is 29.9 Å². The van der Waals surface area contributed by atoms with E-state index in [1.165, 1.54) is 5.56 Å². The van der Waals surface area contributed by atoms with Gasteiger partial charge in [0.25, 0.3) is 0 Å². The third kappa shape index (κ3) is 8.07. The van der Waals surface area contributed by atoms with E-state index in [1.807, 2.05) is 133 Å². The number of fused-ring (bicyclic) bond motifs is 3. The van der Waals surface area contributed by atoms with Crippen molar-refractivity contribution in [1.82, 2.24) is 24.7 Å². The summed E-state index contributed by atoms with van der Waals surface area (Å²) in [4.78, 5) is 64.2. The SMILES string of the molecule is CN(CC#Cc1ccc2c(c1)[C@]1(C(=O)N2)[C@H](c2ccccc2OCCO)N2[C@H](c3ccccc3)[C@H](c3ccccc3)OC(=O)[C@H]2[C@@H]1C(=O)N1CCN(c2ncccn2)CC1)Cc1ccccc1. The van der Waals surface area contributed by atoms with Crippen molar-refractivity contribution in [2.45, 2.75) is 36.2 Å². The summed E-state index contributed by atoms with van der Waals surface area (Å²) in [5, 5.41) is 13.3. The molecule has 4 aliphatic rings. The van der Waals surface area contributed by atoms with Crippen LogP contribution in [0.2, 0.25) is 0 Å². The molecule has 0 saturated carbocycles. The Morgan fingerprint density at radius 1 is 0.836 bits per heavy atom. The molecule has 2 N–H and O–H groups in total. The maximum Gasteiger partial charge on any atom is 0.324 e. The minimum absolute atomic E-state index is 0.0179. The van der Waals surface area contributed by atoms with Gasteiger partial charge in [0.2, 0.25) is 17.8 Å². The fraction of sp³-hybridized carbons (Fsp3) is 0.278. The quantitative estimate of drug-likeness (QED) is 0.118. The number of rotatable bonds is 11. The first-order valence-corrected chi connectivity index (χ1v) is 22.7. The monoisotopic (exact) mass is 893 g/mol. The molecule has 6 atom stereocenters. The second-order valence-electron chi connectivity index (χ2n) is 17.4. The molecule has 5 aromatic carbocycles. The molecular weight excluding hydrogens is 843 g/mol. The van der Waals surface area contributed by atoms with Crippen LogP contribution in [0.3, 0.4) is 0 Å². The Bertz CT molecular complexity index is 2800. The largest absolute Gasteiger partial charge is 0.491 e. The van der Waals surface area contributed by atoms with Gasteiger partial charge in [0.05, 0.1) is 31.2 Å². The second-order valence-corrected chi connectivity index (χ2v) is 17.4. The standard InChI is InChI=1S/C54H51N7O6/c1-58(36-38-15-5-2-6-16-38)28-13-17-37-24-25-43-42(35-37)54(52(65)57-43)45(50(63)59-29-31-60(32-30-59)53-55-26-14-27-56-53)47-51(64)67-48(40-20-9-4-10-21-40)46(39-18-7-3-8-19-39)61(47)49(54)41-22-11-12-23-44(41)66-34-33-62/h2-12,14-16,18-27,35,45-49,62H,28-34,36H2,1H3,(H,57,65)/t45-,46-,47-,48+,49+,54-/m1/s1. The summed E-state index contributed by atoms with van der Waals surface area (Å²) in [7, 11) is 2.02. The van der Waals surface area contributed by atoms with Crippen molar-refractivity contribution in [1.29, 1.82) is 0 Å². The van der Waals surface area contributed by atoms with Gasteiger partial charge in [-0.1, -0.05) is 121 Å². The summed E-state index contributed by atoms with van der Waals surface area (Å²) >= 11 is 0. The zero-order valence-electron chi connectivity index (χ0n) is 37.1. The van der Waals surface area contributed by atoms with Crippen LogP contribution in [0, 0.1) is 17.8 Å². The number of nitrogens with zero attached hydrogens (tertiary/aromatic N) is 6. The molecule has 3 fully saturated rings. The van der Waals surface area contributed by atoms with Gasteiger partial charge in [-0.3, -0.25) is 24.2 Å². The molecule has 10 rings (SSSR count). The molecule has 3 saturated heterocycles. The number of carbonyl (C=O) groups excluding carboxylic acids is 3. The summed E-state index contributed by atoms with van der Waals surface area (Å²) in [6.45, 7) is 2.43. The normalized spacial score (nSPS) is 23.2. The summed E-state index contributed by atoms with van der Waals surface area (Å²) in [5.74, 6) is 5.05. The van der Waals surface area contributed by atoms with E-state index in [0.29, 0.717) is 66.8 Å². The number of esters is 1. The van der Waals surface area contributed by atoms with E-state index in [0.717, 1.165) is 17.7 Å². The third-order valence-electron chi connectivity index (χ3n) is 13.4. The molecule has 4 aliphatic heterocycles. The van der Waals surface area contributed by atoms with Crippen molar-refractivity contribution in [2.24, 2.45) is 5.92 Å². The van der Waals surface area contributed by atoms with Crippen LogP contribution >= 0.6 is 0 Å². The number of aliphatic hydroxyl groups excluding tert-OH is 1. The van der Waals surface area contributed by atoms with E-state index in [9.17, 15) is 5.11 Å². The van der Waals surface area contributed by atoms with E-state index >= 15 is 14.4 Å². The van der Waals surface area contributed by atoms with E-state index in [-0.39, 0.29) is 19.1 Å². The summed E-state index contributed by atoms with van der Waals surface area (Å²) in [6, 6.07) is 41.6. The Hall–Kier alpha value is -7.37. The highest BCUT2D eigenvalue weighted by Crippen LogP contribution is 2.66. The number of carbonyl (C=O) groups is 3. The average molecular weight is 894 g/mol. The molecule has 6 aromatic rings. The van der Waals surface area contributed by atoms with Gasteiger partial charge in [-0.05, 0) is 59.6 Å². The molecular formula is C54H51N7O6. The van der Waals surface area contributed by atoms with Gasteiger partial charge in [-0.25, -0.2) is 9.97 Å². The van der Waals surface area contributed by atoms with Crippen molar-refractivity contribution in [3.63, 3.8) is 0 Å². The van der Waals surface area contributed by atoms with Gasteiger partial charge in [0, 0.05) is 61.9 Å². The number of hydrogen-bond acceptors (Lipinski definition) is 11. The second kappa shape index (κ2) is 18.9. The number of aromatic nitrogens is 2. The summed E-state index contributed by atoms with van der Waals surface area (Å²) < 4.78 is 13.0. The maximum atomic E-state index is 16.0. The molecule has 338 valence electrons. The predicted molar refractivity (Wildman–Crippen MR) is 253 cm³/mol. The number of aliphatic hydroxyl groups is 1. The molecule has 13 nitrogen and oxygen atoms in total. The number of nitrogens with one attached hydrogen (secondary N) is 1. The number of para-hydroxylation sites is 1. The van der Waals surface area contributed by atoms with Crippen LogP contribution in [-0.2, 0) is 31.1 Å². The zero-order chi connectivity index (χ0) is 45.9. The lowest BCUT2D eigenvalue weighted by atomic mass is 9.64. The lowest BCUT2D eigenvalue weighted by Gasteiger charge is -2.46. The number of benzene rings is 5. The van der Waals surface area contributed by atoms with Crippen LogP contribution in [0.5, 0.6) is 5.75 Å². The first kappa shape index (κ1) is 43.5. The topological polar surface area (TPSA) is 141 Å². The number of cyclic esters (lactones) is 1. The van der Waals surface area contributed by atoms with Crippen LogP contribution in [-0.4, -0.2) is 107 Å². The Balaban J connectivity index is 1.16. The van der Waals surface area contributed by atoms with Gasteiger partial charge in [0.15, 0.2) is 0 Å². The summed E-state index contributed by atoms with van der Waals surface area (Å²) in [6.07, 6.45) is 2.56. The molecule has 0 radical (unpaired) electrons. The zero-order valence-corrected chi connectivity index (χ0v) is 37.1. The number of piperazine rings is 1. The number of amides is 2. The van der Waals surface area contributed by atoms with Crippen LogP contribution in [0.4, 0.5) is 11.6 Å². The Labute approximate surface area is 390 Å². The molecule has 13 heteroatoms. The highest BCUT2D eigenvalue weighted by atomic mass is 16.6. The average Bonchev–Trinajstić information content (AvgIpc) is 3.85. The van der Waals surface area contributed by atoms with E-state index in [1.54, 1.807) is 23.4 Å². The van der Waals surface area contributed by atoms with E-state index < -0.39 is 47.4 Å².